The van der Waals surface area contributed by atoms with E-state index in [0.29, 0.717) is 24.9 Å². The van der Waals surface area contributed by atoms with Gasteiger partial charge in [-0.2, -0.15) is 17.5 Å². The normalized spacial score (nSPS) is 15.6. The van der Waals surface area contributed by atoms with E-state index in [0.717, 1.165) is 32.8 Å². The average molecular weight is 518 g/mol. The minimum atomic E-state index is -4.67. The lowest BCUT2D eigenvalue weighted by Gasteiger charge is -2.34. The summed E-state index contributed by atoms with van der Waals surface area (Å²) in [5.74, 6) is 0.697. The van der Waals surface area contributed by atoms with Gasteiger partial charge < -0.3 is 9.64 Å². The molecule has 176 valence electrons. The van der Waals surface area contributed by atoms with Crippen LogP contribution in [0, 0.1) is 0 Å². The highest BCUT2D eigenvalue weighted by Crippen LogP contribution is 2.36. The first-order chi connectivity index (χ1) is 15.6. The fraction of sp³-hybridized carbons (Fsp3) is 0.286. The van der Waals surface area contributed by atoms with Crippen molar-refractivity contribution in [2.45, 2.75) is 11.1 Å². The molecule has 0 unspecified atom stereocenters. The van der Waals surface area contributed by atoms with E-state index in [4.69, 9.17) is 16.3 Å². The van der Waals surface area contributed by atoms with Gasteiger partial charge in [0.25, 0.3) is 0 Å². The standard InChI is InChI=1S/C21H19ClF3N3O3S2/c1-31-18-5-3-2-4-15(18)17-13-32-20(26-17)27-8-10-28(11-9-27)33(29,30)19-12-14(21(23,24)25)6-7-16(19)22/h2-7,12-13H,8-11H2,1H3. The molecule has 2 heterocycles. The zero-order chi connectivity index (χ0) is 23.8. The van der Waals surface area contributed by atoms with Crippen molar-refractivity contribution in [2.75, 3.05) is 38.2 Å². The topological polar surface area (TPSA) is 62.7 Å². The second-order valence-corrected chi connectivity index (χ2v) is 10.4. The number of halogens is 4. The summed E-state index contributed by atoms with van der Waals surface area (Å²) in [6, 6.07) is 9.82. The van der Waals surface area contributed by atoms with Crippen LogP contribution in [0.25, 0.3) is 11.3 Å². The number of nitrogens with zero attached hydrogens (tertiary/aromatic N) is 3. The number of sulfonamides is 1. The van der Waals surface area contributed by atoms with Crippen molar-refractivity contribution in [1.29, 1.82) is 0 Å². The summed E-state index contributed by atoms with van der Waals surface area (Å²) >= 11 is 7.39. The summed E-state index contributed by atoms with van der Waals surface area (Å²) in [5.41, 5.74) is 0.539. The van der Waals surface area contributed by atoms with E-state index in [-0.39, 0.29) is 18.1 Å². The summed E-state index contributed by atoms with van der Waals surface area (Å²) in [6.45, 7) is 0.875. The molecule has 1 aromatic heterocycles. The minimum Gasteiger partial charge on any atom is -0.496 e. The van der Waals surface area contributed by atoms with Crippen LogP contribution in [-0.4, -0.2) is 51.0 Å². The number of rotatable bonds is 5. The molecular formula is C21H19ClF3N3O3S2. The van der Waals surface area contributed by atoms with Crippen LogP contribution in [0.2, 0.25) is 5.02 Å². The fourth-order valence-electron chi connectivity index (χ4n) is 3.53. The van der Waals surface area contributed by atoms with E-state index < -0.39 is 26.7 Å². The van der Waals surface area contributed by atoms with Crippen LogP contribution in [0.3, 0.4) is 0 Å². The maximum atomic E-state index is 13.1. The van der Waals surface area contributed by atoms with Gasteiger partial charge >= 0.3 is 6.18 Å². The third-order valence-electron chi connectivity index (χ3n) is 5.26. The fourth-order valence-corrected chi connectivity index (χ4v) is 6.33. The Morgan fingerprint density at radius 2 is 1.79 bits per heavy atom. The third-order valence-corrected chi connectivity index (χ3v) is 8.54. The summed E-state index contributed by atoms with van der Waals surface area (Å²) in [4.78, 5) is 6.07. The highest BCUT2D eigenvalue weighted by atomic mass is 35.5. The van der Waals surface area contributed by atoms with E-state index in [2.05, 4.69) is 4.98 Å². The van der Waals surface area contributed by atoms with E-state index in [1.54, 1.807) is 7.11 Å². The van der Waals surface area contributed by atoms with Crippen LogP contribution < -0.4 is 9.64 Å². The predicted octanol–water partition coefficient (Wildman–Crippen LogP) is 5.00. The molecule has 1 fully saturated rings. The number of thiazole rings is 1. The lowest BCUT2D eigenvalue weighted by Crippen LogP contribution is -2.48. The van der Waals surface area contributed by atoms with Gasteiger partial charge in [-0.3, -0.25) is 0 Å². The minimum absolute atomic E-state index is 0.0957. The lowest BCUT2D eigenvalue weighted by atomic mass is 10.1. The number of ether oxygens (including phenoxy) is 1. The maximum Gasteiger partial charge on any atom is 0.416 e. The van der Waals surface area contributed by atoms with Crippen molar-refractivity contribution >= 4 is 38.1 Å². The monoisotopic (exact) mass is 517 g/mol. The molecule has 0 amide bonds. The van der Waals surface area contributed by atoms with Crippen molar-refractivity contribution in [1.82, 2.24) is 9.29 Å². The molecular weight excluding hydrogens is 499 g/mol. The Morgan fingerprint density at radius 1 is 1.09 bits per heavy atom. The van der Waals surface area contributed by atoms with Crippen molar-refractivity contribution in [3.05, 3.63) is 58.4 Å². The molecule has 0 N–H and O–H groups in total. The summed E-state index contributed by atoms with van der Waals surface area (Å²) in [6.07, 6.45) is -4.67. The molecule has 1 aliphatic heterocycles. The SMILES string of the molecule is COc1ccccc1-c1csc(N2CCN(S(=O)(=O)c3cc(C(F)(F)F)ccc3Cl)CC2)n1. The zero-order valence-electron chi connectivity index (χ0n) is 17.3. The predicted molar refractivity (Wildman–Crippen MR) is 122 cm³/mol. The lowest BCUT2D eigenvalue weighted by molar-refractivity contribution is -0.137. The largest absolute Gasteiger partial charge is 0.496 e. The van der Waals surface area contributed by atoms with Crippen LogP contribution in [0.5, 0.6) is 5.75 Å². The first kappa shape index (κ1) is 23.8. The van der Waals surface area contributed by atoms with Gasteiger partial charge in [-0.1, -0.05) is 23.7 Å². The second kappa shape index (κ2) is 9.13. The van der Waals surface area contributed by atoms with Crippen LogP contribution in [-0.2, 0) is 16.2 Å². The van der Waals surface area contributed by atoms with Crippen molar-refractivity contribution in [3.8, 4) is 17.0 Å². The molecule has 12 heteroatoms. The molecule has 0 atom stereocenters. The summed E-state index contributed by atoms with van der Waals surface area (Å²) < 4.78 is 71.8. The van der Waals surface area contributed by atoms with Crippen molar-refractivity contribution in [2.24, 2.45) is 0 Å². The molecule has 1 aliphatic rings. The third kappa shape index (κ3) is 4.81. The molecule has 0 spiro atoms. The molecule has 6 nitrogen and oxygen atoms in total. The van der Waals surface area contributed by atoms with Gasteiger partial charge in [-0.05, 0) is 30.3 Å². The molecule has 0 radical (unpaired) electrons. The molecule has 4 rings (SSSR count). The molecule has 0 bridgehead atoms. The van der Waals surface area contributed by atoms with Crippen LogP contribution in [0.4, 0.5) is 18.3 Å². The number of alkyl halides is 3. The Hall–Kier alpha value is -2.34. The highest BCUT2D eigenvalue weighted by Gasteiger charge is 2.35. The van der Waals surface area contributed by atoms with Crippen molar-refractivity contribution in [3.63, 3.8) is 0 Å². The number of anilines is 1. The molecule has 0 aliphatic carbocycles. The molecule has 1 saturated heterocycles. The smallest absolute Gasteiger partial charge is 0.416 e. The number of hydrogen-bond acceptors (Lipinski definition) is 6. The molecule has 33 heavy (non-hydrogen) atoms. The van der Waals surface area contributed by atoms with Gasteiger partial charge in [0.1, 0.15) is 10.6 Å². The Morgan fingerprint density at radius 3 is 2.45 bits per heavy atom. The first-order valence-electron chi connectivity index (χ1n) is 9.82. The second-order valence-electron chi connectivity index (χ2n) is 7.25. The average Bonchev–Trinajstić information content (AvgIpc) is 3.28. The van der Waals surface area contributed by atoms with Crippen LogP contribution in [0.15, 0.2) is 52.7 Å². The van der Waals surface area contributed by atoms with Crippen LogP contribution in [0.1, 0.15) is 5.56 Å². The summed E-state index contributed by atoms with van der Waals surface area (Å²) in [5, 5.41) is 2.38. The number of methoxy groups -OCH3 is 1. The van der Waals surface area contributed by atoms with Crippen molar-refractivity contribution < 1.29 is 26.3 Å². The number of aromatic nitrogens is 1. The zero-order valence-corrected chi connectivity index (χ0v) is 19.7. The van der Waals surface area contributed by atoms with Gasteiger partial charge in [0, 0.05) is 37.1 Å². The van der Waals surface area contributed by atoms with Gasteiger partial charge in [-0.25, -0.2) is 13.4 Å². The maximum absolute atomic E-state index is 13.1. The molecule has 3 aromatic rings. The van der Waals surface area contributed by atoms with E-state index in [1.165, 1.54) is 11.3 Å². The Balaban J connectivity index is 1.50. The number of benzene rings is 2. The van der Waals surface area contributed by atoms with E-state index >= 15 is 0 Å². The van der Waals surface area contributed by atoms with Gasteiger partial charge in [0.2, 0.25) is 10.0 Å². The van der Waals surface area contributed by atoms with E-state index in [9.17, 15) is 21.6 Å². The number of para-hydroxylation sites is 1. The van der Waals surface area contributed by atoms with Gasteiger partial charge in [0.05, 0.1) is 23.4 Å². The quantitative estimate of drug-likeness (QED) is 0.476. The Labute approximate surface area is 198 Å². The van der Waals surface area contributed by atoms with E-state index in [1.807, 2.05) is 34.5 Å². The Bertz CT molecular complexity index is 1260. The first-order valence-corrected chi connectivity index (χ1v) is 12.5. The Kier molecular flexibility index (Phi) is 6.59. The van der Waals surface area contributed by atoms with Crippen LogP contribution >= 0.6 is 22.9 Å². The number of hydrogen-bond donors (Lipinski definition) is 0. The van der Waals surface area contributed by atoms with Gasteiger partial charge in [-0.15, -0.1) is 11.3 Å². The van der Waals surface area contributed by atoms with Gasteiger partial charge in [0.15, 0.2) is 5.13 Å². The number of piperazine rings is 1. The molecule has 2 aromatic carbocycles. The summed E-state index contributed by atoms with van der Waals surface area (Å²) in [7, 11) is -2.60. The highest BCUT2D eigenvalue weighted by molar-refractivity contribution is 7.89. The molecule has 0 saturated carbocycles.